The number of hydrogen-bond acceptors (Lipinski definition) is 2. The summed E-state index contributed by atoms with van der Waals surface area (Å²) in [6.45, 7) is 2.54. The van der Waals surface area contributed by atoms with E-state index in [-0.39, 0.29) is 6.42 Å². The maximum absolute atomic E-state index is 10.2. The van der Waals surface area contributed by atoms with Crippen LogP contribution in [0.3, 0.4) is 0 Å². The molecule has 0 N–H and O–H groups in total. The Bertz CT molecular complexity index is 305. The summed E-state index contributed by atoms with van der Waals surface area (Å²) in [6, 6.07) is 0. The molecule has 4 nitrogen and oxygen atoms in total. The van der Waals surface area contributed by atoms with E-state index >= 15 is 0 Å². The zero-order chi connectivity index (χ0) is 9.84. The third-order valence-corrected chi connectivity index (χ3v) is 2.08. The molecule has 0 saturated carbocycles. The molecule has 0 aliphatic carbocycles. The SMILES string of the molecule is CCc1n(CCC(=O)[O-])cc[n+]1C. The number of hydrogen-bond donors (Lipinski definition) is 0. The third-order valence-electron chi connectivity index (χ3n) is 2.08. The zero-order valence-electron chi connectivity index (χ0n) is 7.99. The summed E-state index contributed by atoms with van der Waals surface area (Å²) >= 11 is 0. The van der Waals surface area contributed by atoms with Crippen LogP contribution in [0.1, 0.15) is 19.2 Å². The zero-order valence-corrected chi connectivity index (χ0v) is 7.99. The van der Waals surface area contributed by atoms with E-state index in [2.05, 4.69) is 0 Å². The maximum atomic E-state index is 10.2. The summed E-state index contributed by atoms with van der Waals surface area (Å²) in [4.78, 5) is 10.2. The molecule has 13 heavy (non-hydrogen) atoms. The number of aliphatic carboxylic acids is 1. The fourth-order valence-corrected chi connectivity index (χ4v) is 1.42. The molecule has 1 rings (SSSR count). The second kappa shape index (κ2) is 4.07. The summed E-state index contributed by atoms with van der Waals surface area (Å²) in [5.41, 5.74) is 0. The van der Waals surface area contributed by atoms with Crippen LogP contribution in [0.5, 0.6) is 0 Å². The molecule has 0 saturated heterocycles. The van der Waals surface area contributed by atoms with Crippen molar-refractivity contribution in [1.29, 1.82) is 0 Å². The van der Waals surface area contributed by atoms with Gasteiger partial charge in [-0.3, -0.25) is 0 Å². The van der Waals surface area contributed by atoms with E-state index in [1.807, 2.05) is 35.5 Å². The Kier molecular flexibility index (Phi) is 3.06. The molecular weight excluding hydrogens is 168 g/mol. The minimum atomic E-state index is -1.00. The number of carbonyl (C=O) groups is 1. The van der Waals surface area contributed by atoms with Crippen LogP contribution >= 0.6 is 0 Å². The van der Waals surface area contributed by atoms with Crippen LogP contribution in [-0.2, 0) is 24.8 Å². The van der Waals surface area contributed by atoms with Crippen LogP contribution in [0.2, 0.25) is 0 Å². The van der Waals surface area contributed by atoms with Gasteiger partial charge in [0.2, 0.25) is 0 Å². The minimum absolute atomic E-state index is 0.0711. The molecule has 0 atom stereocenters. The molecule has 1 aromatic heterocycles. The van der Waals surface area contributed by atoms with Gasteiger partial charge in [0.15, 0.2) is 0 Å². The lowest BCUT2D eigenvalue weighted by molar-refractivity contribution is -0.678. The lowest BCUT2D eigenvalue weighted by atomic mass is 10.4. The first kappa shape index (κ1) is 9.77. The van der Waals surface area contributed by atoms with Crippen LogP contribution in [-0.4, -0.2) is 10.5 Å². The Balaban J connectivity index is 2.70. The van der Waals surface area contributed by atoms with E-state index in [4.69, 9.17) is 0 Å². The fourth-order valence-electron chi connectivity index (χ4n) is 1.42. The molecule has 0 radical (unpaired) electrons. The van der Waals surface area contributed by atoms with Crippen molar-refractivity contribution in [2.75, 3.05) is 0 Å². The van der Waals surface area contributed by atoms with Crippen molar-refractivity contribution < 1.29 is 14.5 Å². The second-order valence-corrected chi connectivity index (χ2v) is 2.99. The molecule has 0 unspecified atom stereocenters. The molecule has 72 valence electrons. The Morgan fingerprint density at radius 3 is 2.92 bits per heavy atom. The van der Waals surface area contributed by atoms with E-state index in [9.17, 15) is 9.90 Å². The van der Waals surface area contributed by atoms with Crippen LogP contribution in [0.15, 0.2) is 12.4 Å². The summed E-state index contributed by atoms with van der Waals surface area (Å²) in [5, 5.41) is 10.2. The Morgan fingerprint density at radius 2 is 2.38 bits per heavy atom. The van der Waals surface area contributed by atoms with Crippen molar-refractivity contribution in [2.45, 2.75) is 26.3 Å². The van der Waals surface area contributed by atoms with Gasteiger partial charge in [-0.05, 0) is 0 Å². The highest BCUT2D eigenvalue weighted by Crippen LogP contribution is 1.97. The van der Waals surface area contributed by atoms with Crippen LogP contribution in [0.4, 0.5) is 0 Å². The van der Waals surface area contributed by atoms with Crippen LogP contribution in [0.25, 0.3) is 0 Å². The first-order valence-electron chi connectivity index (χ1n) is 4.38. The highest BCUT2D eigenvalue weighted by molar-refractivity contribution is 5.64. The van der Waals surface area contributed by atoms with Gasteiger partial charge in [0.1, 0.15) is 12.4 Å². The third kappa shape index (κ3) is 2.31. The predicted octanol–water partition coefficient (Wildman–Crippen LogP) is -0.985. The number of aromatic nitrogens is 2. The van der Waals surface area contributed by atoms with Gasteiger partial charge in [-0.15, -0.1) is 0 Å². The van der Waals surface area contributed by atoms with E-state index < -0.39 is 5.97 Å². The second-order valence-electron chi connectivity index (χ2n) is 2.99. The lowest BCUT2D eigenvalue weighted by Crippen LogP contribution is -2.32. The average molecular weight is 182 g/mol. The molecule has 0 amide bonds. The molecule has 0 aromatic carbocycles. The van der Waals surface area contributed by atoms with Crippen molar-refractivity contribution in [3.8, 4) is 0 Å². The highest BCUT2D eigenvalue weighted by Gasteiger charge is 2.10. The van der Waals surface area contributed by atoms with Gasteiger partial charge in [0.25, 0.3) is 5.82 Å². The van der Waals surface area contributed by atoms with Gasteiger partial charge >= 0.3 is 0 Å². The molecule has 0 bridgehead atoms. The number of carbonyl (C=O) groups excluding carboxylic acids is 1. The Hall–Kier alpha value is -1.32. The lowest BCUT2D eigenvalue weighted by Gasteiger charge is -2.01. The number of carboxylic acids is 1. The molecule has 0 spiro atoms. The first-order valence-corrected chi connectivity index (χ1v) is 4.38. The van der Waals surface area contributed by atoms with Gasteiger partial charge in [-0.25, -0.2) is 9.13 Å². The molecular formula is C9H14N2O2. The summed E-state index contributed by atoms with van der Waals surface area (Å²) in [5.74, 6) is 0.125. The van der Waals surface area contributed by atoms with E-state index in [1.165, 1.54) is 0 Å². The highest BCUT2D eigenvalue weighted by atomic mass is 16.4. The smallest absolute Gasteiger partial charge is 0.255 e. The van der Waals surface area contributed by atoms with Crippen molar-refractivity contribution in [3.05, 3.63) is 18.2 Å². The predicted molar refractivity (Wildman–Crippen MR) is 44.6 cm³/mol. The van der Waals surface area contributed by atoms with Gasteiger partial charge in [-0.1, -0.05) is 6.92 Å². The molecule has 0 fully saturated rings. The molecule has 0 aliphatic rings. The van der Waals surface area contributed by atoms with Crippen LogP contribution < -0.4 is 9.67 Å². The van der Waals surface area contributed by atoms with Gasteiger partial charge in [-0.2, -0.15) is 0 Å². The number of aryl methyl sites for hydroxylation is 2. The van der Waals surface area contributed by atoms with Crippen LogP contribution in [0, 0.1) is 0 Å². The molecule has 4 heteroatoms. The normalized spacial score (nSPS) is 10.3. The summed E-state index contributed by atoms with van der Waals surface area (Å²) in [6.07, 6.45) is 4.79. The summed E-state index contributed by atoms with van der Waals surface area (Å²) in [7, 11) is 1.95. The van der Waals surface area contributed by atoms with Crippen molar-refractivity contribution in [2.24, 2.45) is 7.05 Å². The minimum Gasteiger partial charge on any atom is -0.550 e. The molecule has 1 aromatic rings. The van der Waals surface area contributed by atoms with Gasteiger partial charge in [0.05, 0.1) is 13.6 Å². The number of imidazole rings is 1. The fraction of sp³-hybridized carbons (Fsp3) is 0.556. The quantitative estimate of drug-likeness (QED) is 0.562. The van der Waals surface area contributed by atoms with Gasteiger partial charge < -0.3 is 9.90 Å². The van der Waals surface area contributed by atoms with Crippen molar-refractivity contribution in [3.63, 3.8) is 0 Å². The number of nitrogens with zero attached hydrogens (tertiary/aromatic N) is 2. The van der Waals surface area contributed by atoms with Crippen molar-refractivity contribution in [1.82, 2.24) is 4.57 Å². The molecule has 0 aliphatic heterocycles. The average Bonchev–Trinajstić information content (AvgIpc) is 2.42. The maximum Gasteiger partial charge on any atom is 0.255 e. The monoisotopic (exact) mass is 182 g/mol. The van der Waals surface area contributed by atoms with Gasteiger partial charge in [0, 0.05) is 18.8 Å². The first-order chi connectivity index (χ1) is 6.15. The topological polar surface area (TPSA) is 48.9 Å². The van der Waals surface area contributed by atoms with E-state index in [0.717, 1.165) is 12.2 Å². The number of rotatable bonds is 4. The largest absolute Gasteiger partial charge is 0.550 e. The van der Waals surface area contributed by atoms with E-state index in [0.29, 0.717) is 6.54 Å². The summed E-state index contributed by atoms with van der Waals surface area (Å²) < 4.78 is 3.94. The Labute approximate surface area is 77.4 Å². The number of carboxylic acid groups (broad SMARTS) is 1. The standard InChI is InChI=1S/C9H14N2O2/c1-3-8-10(2)6-7-11(8)5-4-9(12)13/h6-7H,3-5H2,1-2H3. The Morgan fingerprint density at radius 1 is 1.69 bits per heavy atom. The molecule has 1 heterocycles. The van der Waals surface area contributed by atoms with E-state index in [1.54, 1.807) is 0 Å². The van der Waals surface area contributed by atoms with Crippen molar-refractivity contribution >= 4 is 5.97 Å².